The number of hydrogen-bond donors (Lipinski definition) is 14. The molecule has 10 fully saturated rings. The number of esters is 3. The molecule has 2 aliphatic heterocycles. The van der Waals surface area contributed by atoms with E-state index in [1.165, 1.54) is 0 Å². The van der Waals surface area contributed by atoms with E-state index >= 15 is 9.59 Å². The monoisotopic (exact) mass is 1340 g/mol. The maximum Gasteiger partial charge on any atom is 0.315 e. The molecule has 0 aromatic heterocycles. The number of aliphatic hydroxyl groups is 13. The van der Waals surface area contributed by atoms with E-state index in [4.69, 9.17) is 23.7 Å². The summed E-state index contributed by atoms with van der Waals surface area (Å²) in [7, 11) is 0. The number of allylic oxidation sites excluding steroid dienone is 2. The third-order valence-corrected chi connectivity index (χ3v) is 31.4. The molecule has 12 aliphatic rings. The predicted octanol–water partition coefficient (Wildman–Crippen LogP) is 3.48. The van der Waals surface area contributed by atoms with Crippen molar-refractivity contribution in [2.45, 2.75) is 283 Å². The molecule has 8 saturated carbocycles. The molecule has 0 radical (unpaired) electrons. The summed E-state index contributed by atoms with van der Waals surface area (Å²) in [5, 5.41) is 159. The molecule has 536 valence electrons. The number of carbonyl (C=O) groups is 4. The topological polar surface area (TPSA) is 398 Å². The van der Waals surface area contributed by atoms with Gasteiger partial charge in [-0.25, -0.2) is 0 Å². The van der Waals surface area contributed by atoms with Crippen molar-refractivity contribution in [3.05, 3.63) is 23.3 Å². The van der Waals surface area contributed by atoms with Gasteiger partial charge in [0, 0.05) is 11.8 Å². The minimum Gasteiger partial charge on any atom is -0.481 e. The number of carbonyl (C=O) groups excluding carboxylic acids is 3. The van der Waals surface area contributed by atoms with Crippen LogP contribution in [0, 0.1) is 101 Å². The van der Waals surface area contributed by atoms with Crippen LogP contribution in [0.3, 0.4) is 0 Å². The standard InChI is InChI=1S/C72H110O23/c1-33-17-23-71(59(87)94-55-49(81)47(79)45(77)39(31-73)91-55)27-25-63(5)35(51(71)69(33,11)89)13-15-41-61(3)29-37(75)53(83)67(9,43(61)19-21-65(41,63)7)58(86)93-54-38(76)30-62(4)42-16-14-36-52-70(12,90)34(2)18-24-72(52,60(88)95-56-50(82)48(80)46(78)40(32-74)92-56)28-26-64(36,6)66(42,8)22-20-44(62)68(54,10)57(84)85/h13-14,33-34,37-56,73-83,89-90H,15-32H2,1-12H3,(H,84,85)/t33-,34-,37-,38-,39-,40-,41-,42-,43?,44?,45-,46-,47+,48+,49-,50-,51?,52?,53+,54-,55+,56+,61-,62-,63-,64-,65-,66-,67+,68-,69-,70-,71+,72+/m1/s1. The number of fused-ring (bicyclic) bond motifs is 14. The van der Waals surface area contributed by atoms with Gasteiger partial charge in [0.05, 0.1) is 59.0 Å². The normalized spacial score (nSPS) is 57.1. The van der Waals surface area contributed by atoms with Gasteiger partial charge in [-0.2, -0.15) is 0 Å². The summed E-state index contributed by atoms with van der Waals surface area (Å²) in [6.45, 7) is 21.9. The van der Waals surface area contributed by atoms with Gasteiger partial charge in [-0.3, -0.25) is 19.2 Å². The number of carboxylic acids is 1. The molecule has 2 heterocycles. The van der Waals surface area contributed by atoms with Crippen LogP contribution >= 0.6 is 0 Å². The van der Waals surface area contributed by atoms with Crippen LogP contribution in [0.1, 0.15) is 186 Å². The van der Waals surface area contributed by atoms with Gasteiger partial charge < -0.3 is 95.2 Å². The smallest absolute Gasteiger partial charge is 0.315 e. The predicted molar refractivity (Wildman–Crippen MR) is 336 cm³/mol. The van der Waals surface area contributed by atoms with E-state index in [2.05, 4.69) is 46.8 Å². The summed E-state index contributed by atoms with van der Waals surface area (Å²) < 4.78 is 30.0. The van der Waals surface area contributed by atoms with Crippen LogP contribution in [-0.2, 0) is 42.9 Å². The van der Waals surface area contributed by atoms with E-state index in [0.29, 0.717) is 77.0 Å². The van der Waals surface area contributed by atoms with E-state index in [-0.39, 0.29) is 49.4 Å². The number of rotatable bonds is 9. The highest BCUT2D eigenvalue weighted by molar-refractivity contribution is 5.82. The lowest BCUT2D eigenvalue weighted by molar-refractivity contribution is -0.299. The lowest BCUT2D eigenvalue weighted by atomic mass is 9.32. The van der Waals surface area contributed by atoms with Crippen LogP contribution in [0.15, 0.2) is 23.3 Å². The van der Waals surface area contributed by atoms with E-state index in [1.54, 1.807) is 27.7 Å². The fourth-order valence-corrected chi connectivity index (χ4v) is 25.0. The Hall–Kier alpha value is -3.24. The molecule has 12 rings (SSSR count). The largest absolute Gasteiger partial charge is 0.481 e. The van der Waals surface area contributed by atoms with Crippen LogP contribution in [0.25, 0.3) is 0 Å². The van der Waals surface area contributed by atoms with Crippen LogP contribution in [0.4, 0.5) is 0 Å². The fourth-order valence-electron chi connectivity index (χ4n) is 25.0. The molecule has 0 aromatic carbocycles. The van der Waals surface area contributed by atoms with E-state index < -0.39 is 212 Å². The van der Waals surface area contributed by atoms with Gasteiger partial charge >= 0.3 is 23.9 Å². The van der Waals surface area contributed by atoms with Crippen LogP contribution in [0.5, 0.6) is 0 Å². The highest BCUT2D eigenvalue weighted by atomic mass is 16.7. The Morgan fingerprint density at radius 2 is 0.863 bits per heavy atom. The van der Waals surface area contributed by atoms with Crippen LogP contribution in [-0.4, -0.2) is 206 Å². The van der Waals surface area contributed by atoms with Gasteiger partial charge in [-0.15, -0.1) is 0 Å². The Kier molecular flexibility index (Phi) is 17.4. The molecule has 0 aromatic rings. The number of aliphatic carboxylic acids is 1. The van der Waals surface area contributed by atoms with Gasteiger partial charge in [0.2, 0.25) is 12.6 Å². The summed E-state index contributed by atoms with van der Waals surface area (Å²) >= 11 is 0. The zero-order valence-electron chi connectivity index (χ0n) is 57.5. The van der Waals surface area contributed by atoms with Crippen LogP contribution in [0.2, 0.25) is 0 Å². The average molecular weight is 1340 g/mol. The first kappa shape index (κ1) is 71.6. The van der Waals surface area contributed by atoms with Crippen molar-refractivity contribution in [3.8, 4) is 0 Å². The minimum absolute atomic E-state index is 0.0433. The molecule has 4 unspecified atom stereocenters. The Bertz CT molecular complexity index is 3110. The van der Waals surface area contributed by atoms with Crippen molar-refractivity contribution in [2.75, 3.05) is 13.2 Å². The molecule has 2 saturated heterocycles. The maximum atomic E-state index is 15.8. The summed E-state index contributed by atoms with van der Waals surface area (Å²) in [4.78, 5) is 60.3. The van der Waals surface area contributed by atoms with Crippen molar-refractivity contribution in [2.24, 2.45) is 101 Å². The molecule has 34 atom stereocenters. The van der Waals surface area contributed by atoms with Crippen LogP contribution < -0.4 is 0 Å². The lowest BCUT2D eigenvalue weighted by Crippen LogP contribution is -2.72. The second-order valence-electron chi connectivity index (χ2n) is 35.0. The number of ether oxygens (including phenoxy) is 5. The number of hydrogen-bond acceptors (Lipinski definition) is 22. The second kappa shape index (κ2) is 23.1. The summed E-state index contributed by atoms with van der Waals surface area (Å²) in [6, 6.07) is 0. The average Bonchev–Trinajstić information content (AvgIpc) is 0.674. The van der Waals surface area contributed by atoms with Crippen molar-refractivity contribution in [3.63, 3.8) is 0 Å². The summed E-state index contributed by atoms with van der Waals surface area (Å²) in [5.41, 5.74) is -11.9. The minimum atomic E-state index is -1.88. The van der Waals surface area contributed by atoms with Gasteiger partial charge in [0.15, 0.2) is 0 Å². The Morgan fingerprint density at radius 3 is 1.25 bits per heavy atom. The SMILES string of the molecule is C[C@@H]1CC[C@]2(C(=O)O[C@@H]3O[C@H](CO)[C@@H](O)[C@H](O)[C@H]3O)CC[C@]3(C)C(=CC[C@@H]4[C@@]5(C)C[C@@H](O)[C@H](O)[C@@](C)(C(=O)O[C@@H]6[C@H](O)C[C@@]7(C)C(CC[C@]8(C)[C@@H]7CC=C7C9[C@](C(=O)O[C@@H]%10O[C@H](CO)[C@@H](O)[C@H](O)[C@H]%10O)(CC[C@@H](C)[C@@]9(C)O)CC[C@]78C)[C@@]6(C)C(=O)O)C5CC[C@]43C)C2[C@]1(C)O. The molecule has 95 heavy (non-hydrogen) atoms. The fraction of sp³-hybridized carbons (Fsp3) is 0.889. The summed E-state index contributed by atoms with van der Waals surface area (Å²) in [6.07, 6.45) is -13.1. The maximum absolute atomic E-state index is 15.8. The van der Waals surface area contributed by atoms with Crippen molar-refractivity contribution >= 4 is 23.9 Å². The van der Waals surface area contributed by atoms with Crippen molar-refractivity contribution in [1.29, 1.82) is 0 Å². The zero-order chi connectivity index (χ0) is 69.8. The van der Waals surface area contributed by atoms with E-state index in [1.807, 2.05) is 20.8 Å². The number of aliphatic hydroxyl groups excluding tert-OH is 11. The highest BCUT2D eigenvalue weighted by Gasteiger charge is 2.78. The Balaban J connectivity index is 0.826. The molecule has 14 N–H and O–H groups in total. The molecule has 0 amide bonds. The first-order valence-electron chi connectivity index (χ1n) is 35.4. The van der Waals surface area contributed by atoms with E-state index in [9.17, 15) is 81.1 Å². The Labute approximate surface area is 557 Å². The van der Waals surface area contributed by atoms with E-state index in [0.717, 1.165) is 11.1 Å². The first-order valence-corrected chi connectivity index (χ1v) is 35.4. The second-order valence-corrected chi connectivity index (χ2v) is 35.0. The molecular weight excluding hydrogens is 1230 g/mol. The zero-order valence-corrected chi connectivity index (χ0v) is 57.5. The lowest BCUT2D eigenvalue weighted by Gasteiger charge is -2.72. The third-order valence-electron chi connectivity index (χ3n) is 31.4. The highest BCUT2D eigenvalue weighted by Crippen LogP contribution is 2.79. The molecular formula is C72H110O23. The van der Waals surface area contributed by atoms with Crippen molar-refractivity contribution < 1.29 is 114 Å². The molecule has 0 bridgehead atoms. The quantitative estimate of drug-likeness (QED) is 0.0892. The van der Waals surface area contributed by atoms with Gasteiger partial charge in [0.1, 0.15) is 60.4 Å². The van der Waals surface area contributed by atoms with Gasteiger partial charge in [0.25, 0.3) is 0 Å². The Morgan fingerprint density at radius 1 is 0.474 bits per heavy atom. The van der Waals surface area contributed by atoms with Gasteiger partial charge in [-0.1, -0.05) is 78.7 Å². The van der Waals surface area contributed by atoms with Gasteiger partial charge in [-0.05, 0) is 198 Å². The molecule has 0 spiro atoms. The third kappa shape index (κ3) is 9.34. The molecule has 10 aliphatic carbocycles. The van der Waals surface area contributed by atoms with Crippen molar-refractivity contribution in [1.82, 2.24) is 0 Å². The molecule has 23 heteroatoms. The first-order chi connectivity index (χ1) is 44.0. The summed E-state index contributed by atoms with van der Waals surface area (Å²) in [5.74, 6) is -7.65. The molecule has 23 nitrogen and oxygen atoms in total. The number of carboxylic acid groups (broad SMARTS) is 1.